The van der Waals surface area contributed by atoms with Crippen LogP contribution in [0.3, 0.4) is 0 Å². The molecule has 2 aliphatic rings. The first kappa shape index (κ1) is 16.6. The van der Waals surface area contributed by atoms with E-state index in [1.54, 1.807) is 4.57 Å². The number of aromatic nitrogens is 3. The minimum absolute atomic E-state index is 0.188. The van der Waals surface area contributed by atoms with E-state index in [0.717, 1.165) is 25.8 Å². The number of carbonyl (C=O) groups excluding carboxylic acids is 1. The molecule has 0 aromatic carbocycles. The standard InChI is InChI=1S/C16H26N4O2S/c1-2-9-20-15(22)17-18-16(20)23-11-14(21)19-10-5-7-12-6-3-4-8-13(12)19/h12-13H,2-11H2,1H3,(H,17,22)/t12-,13-/m0/s1. The highest BCUT2D eigenvalue weighted by Gasteiger charge is 2.35. The summed E-state index contributed by atoms with van der Waals surface area (Å²) in [6.07, 6.45) is 8.26. The molecule has 0 unspecified atom stereocenters. The molecule has 1 saturated carbocycles. The number of likely N-dealkylation sites (tertiary alicyclic amines) is 1. The van der Waals surface area contributed by atoms with Crippen LogP contribution >= 0.6 is 11.8 Å². The summed E-state index contributed by atoms with van der Waals surface area (Å²) in [6, 6.07) is 0.447. The van der Waals surface area contributed by atoms with Gasteiger partial charge in [-0.15, -0.1) is 5.10 Å². The zero-order valence-corrected chi connectivity index (χ0v) is 14.6. The van der Waals surface area contributed by atoms with Gasteiger partial charge in [0.15, 0.2) is 5.16 Å². The summed E-state index contributed by atoms with van der Waals surface area (Å²) in [5, 5.41) is 7.16. The minimum atomic E-state index is -0.188. The van der Waals surface area contributed by atoms with Gasteiger partial charge in [-0.1, -0.05) is 31.5 Å². The molecule has 0 radical (unpaired) electrons. The number of H-pyrrole nitrogens is 1. The van der Waals surface area contributed by atoms with E-state index < -0.39 is 0 Å². The molecular formula is C16H26N4O2S. The van der Waals surface area contributed by atoms with Crippen molar-refractivity contribution >= 4 is 17.7 Å². The quantitative estimate of drug-likeness (QED) is 0.836. The molecule has 1 aliphatic carbocycles. The zero-order chi connectivity index (χ0) is 16.2. The molecular weight excluding hydrogens is 312 g/mol. The summed E-state index contributed by atoms with van der Waals surface area (Å²) in [6.45, 7) is 3.55. The van der Waals surface area contributed by atoms with Gasteiger partial charge in [0.25, 0.3) is 0 Å². The maximum absolute atomic E-state index is 12.7. The van der Waals surface area contributed by atoms with Gasteiger partial charge >= 0.3 is 5.69 Å². The van der Waals surface area contributed by atoms with E-state index in [1.807, 2.05) is 6.92 Å². The van der Waals surface area contributed by atoms with Crippen molar-refractivity contribution in [3.8, 4) is 0 Å². The third-order valence-corrected chi connectivity index (χ3v) is 6.02. The highest BCUT2D eigenvalue weighted by Crippen LogP contribution is 2.35. The number of aromatic amines is 1. The van der Waals surface area contributed by atoms with E-state index in [2.05, 4.69) is 15.1 Å². The van der Waals surface area contributed by atoms with Crippen molar-refractivity contribution in [3.05, 3.63) is 10.5 Å². The molecule has 1 aliphatic heterocycles. The molecule has 2 fully saturated rings. The lowest BCUT2D eigenvalue weighted by atomic mass is 9.78. The molecule has 128 valence electrons. The lowest BCUT2D eigenvalue weighted by molar-refractivity contribution is -0.134. The first-order chi connectivity index (χ1) is 11.2. The molecule has 3 rings (SSSR count). The Labute approximate surface area is 141 Å². The molecule has 0 spiro atoms. The Morgan fingerprint density at radius 1 is 1.30 bits per heavy atom. The lowest BCUT2D eigenvalue weighted by Crippen LogP contribution is -2.50. The Hall–Kier alpha value is -1.24. The second kappa shape index (κ2) is 7.55. The summed E-state index contributed by atoms with van der Waals surface area (Å²) in [5.74, 6) is 1.28. The topological polar surface area (TPSA) is 71.0 Å². The van der Waals surface area contributed by atoms with Crippen LogP contribution in [0.25, 0.3) is 0 Å². The number of carbonyl (C=O) groups is 1. The number of hydrogen-bond donors (Lipinski definition) is 1. The van der Waals surface area contributed by atoms with Gasteiger partial charge in [0.05, 0.1) is 5.75 Å². The highest BCUT2D eigenvalue weighted by atomic mass is 32.2. The lowest BCUT2D eigenvalue weighted by Gasteiger charge is -2.44. The molecule has 1 N–H and O–H groups in total. The van der Waals surface area contributed by atoms with Crippen molar-refractivity contribution in [1.82, 2.24) is 19.7 Å². The minimum Gasteiger partial charge on any atom is -0.339 e. The van der Waals surface area contributed by atoms with Crippen LogP contribution in [0, 0.1) is 5.92 Å². The van der Waals surface area contributed by atoms with Gasteiger partial charge in [-0.05, 0) is 38.0 Å². The summed E-state index contributed by atoms with van der Waals surface area (Å²) in [4.78, 5) is 26.5. The fourth-order valence-electron chi connectivity index (χ4n) is 3.98. The summed E-state index contributed by atoms with van der Waals surface area (Å²) >= 11 is 1.38. The highest BCUT2D eigenvalue weighted by molar-refractivity contribution is 7.99. The number of hydrogen-bond acceptors (Lipinski definition) is 4. The average Bonchev–Trinajstić information content (AvgIpc) is 2.93. The number of thioether (sulfide) groups is 1. The van der Waals surface area contributed by atoms with Gasteiger partial charge in [-0.25, -0.2) is 9.89 Å². The van der Waals surface area contributed by atoms with Crippen molar-refractivity contribution < 1.29 is 4.79 Å². The predicted molar refractivity (Wildman–Crippen MR) is 90.6 cm³/mol. The van der Waals surface area contributed by atoms with Crippen LogP contribution in [-0.2, 0) is 11.3 Å². The number of nitrogens with zero attached hydrogens (tertiary/aromatic N) is 3. The van der Waals surface area contributed by atoms with Crippen LogP contribution in [0.1, 0.15) is 51.9 Å². The van der Waals surface area contributed by atoms with E-state index in [4.69, 9.17) is 0 Å². The predicted octanol–water partition coefficient (Wildman–Crippen LogP) is 2.25. The molecule has 2 atom stereocenters. The van der Waals surface area contributed by atoms with Crippen molar-refractivity contribution in [2.75, 3.05) is 12.3 Å². The fourth-order valence-corrected chi connectivity index (χ4v) is 4.84. The third-order valence-electron chi connectivity index (χ3n) is 5.06. The SMILES string of the molecule is CCCn1c(SCC(=O)N2CCC[C@@H]3CCCC[C@@H]32)n[nH]c1=O. The maximum Gasteiger partial charge on any atom is 0.343 e. The third kappa shape index (κ3) is 3.65. The van der Waals surface area contributed by atoms with E-state index in [1.165, 1.54) is 37.4 Å². The number of rotatable bonds is 5. The van der Waals surface area contributed by atoms with Crippen LogP contribution in [0.15, 0.2) is 9.95 Å². The first-order valence-corrected chi connectivity index (χ1v) is 9.76. The Kier molecular flexibility index (Phi) is 5.46. The van der Waals surface area contributed by atoms with Gasteiger partial charge in [-0.2, -0.15) is 0 Å². The second-order valence-corrected chi connectivity index (χ2v) is 7.54. The Morgan fingerprint density at radius 2 is 2.09 bits per heavy atom. The summed E-state index contributed by atoms with van der Waals surface area (Å²) in [7, 11) is 0. The van der Waals surface area contributed by atoms with Crippen LogP contribution in [0.2, 0.25) is 0 Å². The fraction of sp³-hybridized carbons (Fsp3) is 0.812. The molecule has 23 heavy (non-hydrogen) atoms. The van der Waals surface area contributed by atoms with Gasteiger partial charge in [0, 0.05) is 19.1 Å². The molecule has 2 heterocycles. The normalized spacial score (nSPS) is 24.5. The van der Waals surface area contributed by atoms with Crippen LogP contribution in [0.5, 0.6) is 0 Å². The molecule has 1 aromatic rings. The smallest absolute Gasteiger partial charge is 0.339 e. The van der Waals surface area contributed by atoms with Gasteiger partial charge < -0.3 is 4.90 Å². The van der Waals surface area contributed by atoms with Gasteiger partial charge in [0.1, 0.15) is 0 Å². The average molecular weight is 338 g/mol. The second-order valence-electron chi connectivity index (χ2n) is 6.59. The Bertz CT molecular complexity index is 595. The molecule has 6 nitrogen and oxygen atoms in total. The van der Waals surface area contributed by atoms with Crippen molar-refractivity contribution in [2.45, 2.75) is 69.6 Å². The molecule has 1 aromatic heterocycles. The largest absolute Gasteiger partial charge is 0.343 e. The Balaban J connectivity index is 1.61. The maximum atomic E-state index is 12.7. The van der Waals surface area contributed by atoms with Gasteiger partial charge in [0.2, 0.25) is 5.91 Å². The molecule has 7 heteroatoms. The van der Waals surface area contributed by atoms with E-state index >= 15 is 0 Å². The zero-order valence-electron chi connectivity index (χ0n) is 13.8. The van der Waals surface area contributed by atoms with Crippen molar-refractivity contribution in [3.63, 3.8) is 0 Å². The molecule has 1 saturated heterocycles. The van der Waals surface area contributed by atoms with Crippen LogP contribution in [-0.4, -0.2) is 43.9 Å². The van der Waals surface area contributed by atoms with E-state index in [0.29, 0.717) is 29.4 Å². The number of piperidine rings is 1. The van der Waals surface area contributed by atoms with E-state index in [9.17, 15) is 9.59 Å². The van der Waals surface area contributed by atoms with Gasteiger partial charge in [-0.3, -0.25) is 9.36 Å². The van der Waals surface area contributed by atoms with Crippen LogP contribution < -0.4 is 5.69 Å². The molecule has 1 amide bonds. The summed E-state index contributed by atoms with van der Waals surface area (Å²) in [5.41, 5.74) is -0.188. The first-order valence-electron chi connectivity index (χ1n) is 8.78. The number of amides is 1. The van der Waals surface area contributed by atoms with Crippen molar-refractivity contribution in [1.29, 1.82) is 0 Å². The van der Waals surface area contributed by atoms with Crippen molar-refractivity contribution in [2.24, 2.45) is 5.92 Å². The monoisotopic (exact) mass is 338 g/mol. The van der Waals surface area contributed by atoms with Crippen LogP contribution in [0.4, 0.5) is 0 Å². The van der Waals surface area contributed by atoms with E-state index in [-0.39, 0.29) is 11.6 Å². The number of fused-ring (bicyclic) bond motifs is 1. The summed E-state index contributed by atoms with van der Waals surface area (Å²) < 4.78 is 1.62. The molecule has 0 bridgehead atoms. The number of nitrogens with one attached hydrogen (secondary N) is 1. The Morgan fingerprint density at radius 3 is 2.91 bits per heavy atom.